The maximum absolute atomic E-state index is 13.3. The second-order valence-electron chi connectivity index (χ2n) is 6.19. The molecule has 0 aliphatic carbocycles. The zero-order valence-corrected chi connectivity index (χ0v) is 16.0. The number of benzene rings is 1. The number of carbonyl (C=O) groups excluding carboxylic acids is 1. The average Bonchev–Trinajstić information content (AvgIpc) is 3.30. The molecule has 2 heterocycles. The number of ether oxygens (including phenoxy) is 2. The number of aromatic amines is 1. The van der Waals surface area contributed by atoms with Gasteiger partial charge in [-0.25, -0.2) is 22.3 Å². The van der Waals surface area contributed by atoms with Gasteiger partial charge in [-0.3, -0.25) is 5.10 Å². The van der Waals surface area contributed by atoms with Gasteiger partial charge in [0.2, 0.25) is 0 Å². The molecule has 0 spiro atoms. The zero-order chi connectivity index (χ0) is 20.1. The number of H-pyrrole nitrogens is 1. The van der Waals surface area contributed by atoms with Crippen LogP contribution in [0, 0.1) is 5.82 Å². The van der Waals surface area contributed by atoms with E-state index in [1.165, 1.54) is 12.1 Å². The van der Waals surface area contributed by atoms with Crippen LogP contribution in [0.5, 0.6) is 0 Å². The fraction of sp³-hybridized carbons (Fsp3) is 0.412. The molecule has 1 aliphatic rings. The molecule has 1 aromatic heterocycles. The van der Waals surface area contributed by atoms with E-state index in [-0.39, 0.29) is 24.2 Å². The third-order valence-electron chi connectivity index (χ3n) is 4.21. The van der Waals surface area contributed by atoms with Gasteiger partial charge >= 0.3 is 6.09 Å². The van der Waals surface area contributed by atoms with Gasteiger partial charge < -0.3 is 14.8 Å². The molecule has 152 valence electrons. The molecule has 9 nitrogen and oxygen atoms in total. The SMILES string of the molecule is CCOC(=O)NS(=O)(=O)CNc1n[nH]c(C2CCOC2)c1-c1ccc(F)cc1. The van der Waals surface area contributed by atoms with Crippen molar-refractivity contribution in [2.45, 2.75) is 19.3 Å². The Morgan fingerprint density at radius 2 is 2.14 bits per heavy atom. The van der Waals surface area contributed by atoms with Crippen LogP contribution in [0.4, 0.5) is 15.0 Å². The average molecular weight is 412 g/mol. The smallest absolute Gasteiger partial charge is 0.420 e. The van der Waals surface area contributed by atoms with Crippen molar-refractivity contribution < 1.29 is 27.1 Å². The molecule has 11 heteroatoms. The van der Waals surface area contributed by atoms with Gasteiger partial charge in [-0.2, -0.15) is 5.10 Å². The summed E-state index contributed by atoms with van der Waals surface area (Å²) in [6.45, 7) is 2.75. The topological polar surface area (TPSA) is 122 Å². The lowest BCUT2D eigenvalue weighted by Crippen LogP contribution is -2.35. The maximum atomic E-state index is 13.3. The summed E-state index contributed by atoms with van der Waals surface area (Å²) in [5.41, 5.74) is 2.10. The zero-order valence-electron chi connectivity index (χ0n) is 15.2. The van der Waals surface area contributed by atoms with Crippen molar-refractivity contribution in [3.63, 3.8) is 0 Å². The van der Waals surface area contributed by atoms with Gasteiger partial charge in [-0.05, 0) is 31.0 Å². The summed E-state index contributed by atoms with van der Waals surface area (Å²) in [5, 5.41) is 9.84. The standard InChI is InChI=1S/C17H21FN4O5S/c1-2-27-17(23)22-28(24,25)10-19-16-14(11-3-5-13(18)6-4-11)15(20-21-16)12-7-8-26-9-12/h3-6,12H,2,7-10H2,1H3,(H,22,23)(H2,19,20,21). The van der Waals surface area contributed by atoms with Crippen LogP contribution in [0.3, 0.4) is 0 Å². The molecular weight excluding hydrogens is 391 g/mol. The van der Waals surface area contributed by atoms with Crippen molar-refractivity contribution >= 4 is 21.9 Å². The molecule has 1 unspecified atom stereocenters. The lowest BCUT2D eigenvalue weighted by molar-refractivity contribution is 0.158. The largest absolute Gasteiger partial charge is 0.449 e. The van der Waals surface area contributed by atoms with Crippen LogP contribution in [0.1, 0.15) is 25.0 Å². The lowest BCUT2D eigenvalue weighted by Gasteiger charge is -2.12. The van der Waals surface area contributed by atoms with Gasteiger partial charge in [0.1, 0.15) is 11.7 Å². The van der Waals surface area contributed by atoms with E-state index >= 15 is 0 Å². The van der Waals surface area contributed by atoms with E-state index in [1.807, 2.05) is 0 Å². The number of hydrogen-bond donors (Lipinski definition) is 3. The second-order valence-corrected chi connectivity index (χ2v) is 7.91. The highest BCUT2D eigenvalue weighted by Gasteiger charge is 2.26. The quantitative estimate of drug-likeness (QED) is 0.637. The molecule has 1 fully saturated rings. The molecule has 28 heavy (non-hydrogen) atoms. The maximum Gasteiger partial charge on any atom is 0.420 e. The number of carbonyl (C=O) groups is 1. The number of nitrogens with zero attached hydrogens (tertiary/aromatic N) is 1. The van der Waals surface area contributed by atoms with Crippen molar-refractivity contribution in [2.75, 3.05) is 31.0 Å². The van der Waals surface area contributed by atoms with Crippen molar-refractivity contribution in [3.8, 4) is 11.1 Å². The highest BCUT2D eigenvalue weighted by Crippen LogP contribution is 2.37. The Morgan fingerprint density at radius 1 is 1.39 bits per heavy atom. The fourth-order valence-corrected chi connectivity index (χ4v) is 3.65. The van der Waals surface area contributed by atoms with Crippen LogP contribution in [-0.2, 0) is 19.5 Å². The van der Waals surface area contributed by atoms with Gasteiger partial charge in [0, 0.05) is 18.1 Å². The first-order valence-electron chi connectivity index (χ1n) is 8.72. The van der Waals surface area contributed by atoms with E-state index in [0.29, 0.717) is 24.3 Å². The van der Waals surface area contributed by atoms with Gasteiger partial charge in [-0.1, -0.05) is 12.1 Å². The van der Waals surface area contributed by atoms with E-state index < -0.39 is 22.0 Å². The van der Waals surface area contributed by atoms with Gasteiger partial charge in [0.05, 0.1) is 18.9 Å². The van der Waals surface area contributed by atoms with Gasteiger partial charge in [0.15, 0.2) is 5.82 Å². The molecule has 1 atom stereocenters. The highest BCUT2D eigenvalue weighted by molar-refractivity contribution is 7.90. The fourth-order valence-electron chi connectivity index (χ4n) is 2.94. The molecule has 0 radical (unpaired) electrons. The number of amides is 1. The lowest BCUT2D eigenvalue weighted by atomic mass is 9.96. The molecule has 3 rings (SSSR count). The Kier molecular flexibility index (Phi) is 6.15. The molecule has 3 N–H and O–H groups in total. The molecule has 1 amide bonds. The summed E-state index contributed by atoms with van der Waals surface area (Å²) in [5.74, 6) is -0.625. The number of nitrogens with one attached hydrogen (secondary N) is 3. The van der Waals surface area contributed by atoms with Crippen LogP contribution < -0.4 is 10.0 Å². The monoisotopic (exact) mass is 412 g/mol. The van der Waals surface area contributed by atoms with E-state index in [1.54, 1.807) is 23.8 Å². The summed E-state index contributed by atoms with van der Waals surface area (Å²) in [7, 11) is -3.99. The Labute approximate surface area is 161 Å². The predicted molar refractivity (Wildman–Crippen MR) is 99.7 cm³/mol. The Bertz CT molecular complexity index is 924. The number of halogens is 1. The van der Waals surface area contributed by atoms with E-state index in [4.69, 9.17) is 4.74 Å². The van der Waals surface area contributed by atoms with Crippen molar-refractivity contribution in [2.24, 2.45) is 0 Å². The highest BCUT2D eigenvalue weighted by atomic mass is 32.2. The number of anilines is 1. The van der Waals surface area contributed by atoms with Crippen LogP contribution in [0.15, 0.2) is 24.3 Å². The number of hydrogen-bond acceptors (Lipinski definition) is 7. The van der Waals surface area contributed by atoms with E-state index in [0.717, 1.165) is 12.1 Å². The van der Waals surface area contributed by atoms with Crippen molar-refractivity contribution in [1.29, 1.82) is 0 Å². The minimum Gasteiger partial charge on any atom is -0.449 e. The number of aromatic nitrogens is 2. The summed E-state index contributed by atoms with van der Waals surface area (Å²) in [6, 6.07) is 5.83. The van der Waals surface area contributed by atoms with Crippen molar-refractivity contribution in [3.05, 3.63) is 35.8 Å². The molecule has 1 aliphatic heterocycles. The third-order valence-corrected chi connectivity index (χ3v) is 5.21. The second kappa shape index (κ2) is 8.57. The summed E-state index contributed by atoms with van der Waals surface area (Å²) >= 11 is 0. The summed E-state index contributed by atoms with van der Waals surface area (Å²) in [6.07, 6.45) is -0.257. The Hall–Kier alpha value is -2.66. The molecular formula is C17H21FN4O5S. The van der Waals surface area contributed by atoms with Crippen molar-refractivity contribution in [1.82, 2.24) is 14.9 Å². The number of sulfonamides is 1. The minimum absolute atomic E-state index is 0.0513. The van der Waals surface area contributed by atoms with Crippen LogP contribution in [0.2, 0.25) is 0 Å². The van der Waals surface area contributed by atoms with E-state index in [2.05, 4.69) is 20.3 Å². The predicted octanol–water partition coefficient (Wildman–Crippen LogP) is 2.17. The summed E-state index contributed by atoms with van der Waals surface area (Å²) in [4.78, 5) is 11.4. The number of rotatable bonds is 7. The molecule has 2 aromatic rings. The molecule has 0 bridgehead atoms. The molecule has 1 aromatic carbocycles. The molecule has 0 saturated carbocycles. The Morgan fingerprint density at radius 3 is 2.79 bits per heavy atom. The summed E-state index contributed by atoms with van der Waals surface area (Å²) < 4.78 is 49.3. The molecule has 1 saturated heterocycles. The van der Waals surface area contributed by atoms with Crippen LogP contribution >= 0.6 is 0 Å². The minimum atomic E-state index is -3.99. The first-order valence-corrected chi connectivity index (χ1v) is 10.4. The van der Waals surface area contributed by atoms with E-state index in [9.17, 15) is 17.6 Å². The van der Waals surface area contributed by atoms with Crippen LogP contribution in [0.25, 0.3) is 11.1 Å². The van der Waals surface area contributed by atoms with Gasteiger partial charge in [0.25, 0.3) is 10.0 Å². The van der Waals surface area contributed by atoms with Gasteiger partial charge in [-0.15, -0.1) is 0 Å². The third kappa shape index (κ3) is 4.78. The van der Waals surface area contributed by atoms with Crippen LogP contribution in [-0.4, -0.2) is 50.4 Å². The first-order chi connectivity index (χ1) is 13.4. The normalized spacial score (nSPS) is 16.7. The first kappa shape index (κ1) is 20.1. The Balaban J connectivity index is 1.84.